The first-order valence-electron chi connectivity index (χ1n) is 9.20. The van der Waals surface area contributed by atoms with Crippen LogP contribution in [0.5, 0.6) is 0 Å². The Morgan fingerprint density at radius 2 is 1.57 bits per heavy atom. The smallest absolute Gasteiger partial charge is 0.224 e. The Morgan fingerprint density at radius 3 is 2.36 bits per heavy atom. The number of anilines is 1. The molecule has 0 fully saturated rings. The molecule has 2 aromatic carbocycles. The molecule has 3 aromatic rings. The minimum atomic E-state index is -0.0370. The second-order valence-electron chi connectivity index (χ2n) is 6.83. The Morgan fingerprint density at radius 1 is 0.857 bits per heavy atom. The number of hydrogen-bond acceptors (Lipinski definition) is 3. The van der Waals surface area contributed by atoms with Crippen LogP contribution in [0.4, 0.5) is 5.69 Å². The van der Waals surface area contributed by atoms with E-state index in [-0.39, 0.29) is 11.7 Å². The number of pyridine rings is 1. The van der Waals surface area contributed by atoms with Crippen LogP contribution in [0.2, 0.25) is 0 Å². The number of hydrogen-bond donors (Lipinski definition) is 0. The van der Waals surface area contributed by atoms with Gasteiger partial charge in [-0.05, 0) is 30.2 Å². The van der Waals surface area contributed by atoms with Crippen molar-refractivity contribution in [1.29, 1.82) is 0 Å². The van der Waals surface area contributed by atoms with Crippen LogP contribution < -0.4 is 4.90 Å². The van der Waals surface area contributed by atoms with Crippen molar-refractivity contribution in [3.05, 3.63) is 83.0 Å². The topological polar surface area (TPSA) is 50.3 Å². The van der Waals surface area contributed by atoms with Crippen molar-refractivity contribution in [2.24, 2.45) is 0 Å². The number of nitrogens with zero attached hydrogens (tertiary/aromatic N) is 2. The van der Waals surface area contributed by atoms with Crippen LogP contribution >= 0.6 is 0 Å². The highest BCUT2D eigenvalue weighted by molar-refractivity contribution is 6.00. The summed E-state index contributed by atoms with van der Waals surface area (Å²) in [5, 5.41) is 0. The van der Waals surface area contributed by atoms with Gasteiger partial charge in [-0.3, -0.25) is 14.6 Å². The summed E-state index contributed by atoms with van der Waals surface area (Å²) in [6.45, 7) is 3.50. The van der Waals surface area contributed by atoms with Crippen molar-refractivity contribution < 1.29 is 9.59 Å². The summed E-state index contributed by atoms with van der Waals surface area (Å²) in [6, 6.07) is 19.2. The Bertz CT molecular complexity index is 1120. The third-order valence-electron chi connectivity index (χ3n) is 4.95. The summed E-state index contributed by atoms with van der Waals surface area (Å²) in [4.78, 5) is 31.0. The Labute approximate surface area is 164 Å². The summed E-state index contributed by atoms with van der Waals surface area (Å²) in [7, 11) is 0. The van der Waals surface area contributed by atoms with Gasteiger partial charge in [-0.15, -0.1) is 0 Å². The molecule has 0 unspecified atom stereocenters. The molecule has 0 atom stereocenters. The van der Waals surface area contributed by atoms with Gasteiger partial charge < -0.3 is 4.90 Å². The first kappa shape index (κ1) is 17.9. The van der Waals surface area contributed by atoms with Gasteiger partial charge >= 0.3 is 0 Å². The van der Waals surface area contributed by atoms with Crippen LogP contribution in [0.25, 0.3) is 23.4 Å². The van der Waals surface area contributed by atoms with Crippen molar-refractivity contribution in [3.63, 3.8) is 0 Å². The van der Waals surface area contributed by atoms with Crippen LogP contribution in [0, 0.1) is 0 Å². The molecular formula is C24H20N2O2. The quantitative estimate of drug-likeness (QED) is 0.599. The lowest BCUT2D eigenvalue weighted by Gasteiger charge is -2.25. The lowest BCUT2D eigenvalue weighted by atomic mass is 9.99. The zero-order chi connectivity index (χ0) is 19.7. The summed E-state index contributed by atoms with van der Waals surface area (Å²) in [5.41, 5.74) is 5.81. The molecule has 1 amide bonds. The van der Waals surface area contributed by atoms with Crippen molar-refractivity contribution >= 4 is 29.5 Å². The standard InChI is InChI=1S/C24H20N2O2/c1-16(27)20-8-4-5-9-21(20)22-14-13-18-11-12-19-7-3-6-10-24(19)26(17(2)28)15-23(18)25-22/h3-14H,15H2,1-2H3. The lowest BCUT2D eigenvalue weighted by molar-refractivity contribution is -0.116. The van der Waals surface area contributed by atoms with Gasteiger partial charge in [0.2, 0.25) is 5.91 Å². The molecule has 4 heteroatoms. The molecule has 0 radical (unpaired) electrons. The molecule has 0 saturated carbocycles. The summed E-state index contributed by atoms with van der Waals surface area (Å²) in [6.07, 6.45) is 4.04. The van der Waals surface area contributed by atoms with E-state index >= 15 is 0 Å². The summed E-state index contributed by atoms with van der Waals surface area (Å²) >= 11 is 0. The minimum absolute atomic E-state index is 0.00308. The number of fused-ring (bicyclic) bond motifs is 2. The SMILES string of the molecule is CC(=O)c1ccccc1-c1ccc2c(n1)CN(C(C)=O)c1ccccc1C=C2. The minimum Gasteiger partial charge on any atom is -0.306 e. The monoisotopic (exact) mass is 368 g/mol. The van der Waals surface area contributed by atoms with Crippen LogP contribution in [-0.2, 0) is 11.3 Å². The second-order valence-corrected chi connectivity index (χ2v) is 6.83. The molecule has 0 aliphatic carbocycles. The number of carbonyl (C=O) groups is 2. The fourth-order valence-corrected chi connectivity index (χ4v) is 3.52. The largest absolute Gasteiger partial charge is 0.306 e. The predicted molar refractivity (Wildman–Crippen MR) is 112 cm³/mol. The molecule has 0 saturated heterocycles. The van der Waals surface area contributed by atoms with E-state index < -0.39 is 0 Å². The molecule has 4 rings (SSSR count). The molecule has 4 nitrogen and oxygen atoms in total. The van der Waals surface area contributed by atoms with Crippen molar-refractivity contribution in [2.75, 3.05) is 4.90 Å². The maximum Gasteiger partial charge on any atom is 0.224 e. The molecule has 0 spiro atoms. The number of para-hydroxylation sites is 1. The average Bonchev–Trinajstić information content (AvgIpc) is 2.69. The maximum atomic E-state index is 12.4. The molecule has 0 N–H and O–H groups in total. The van der Waals surface area contributed by atoms with E-state index in [2.05, 4.69) is 0 Å². The van der Waals surface area contributed by atoms with Gasteiger partial charge in [-0.2, -0.15) is 0 Å². The van der Waals surface area contributed by atoms with Crippen molar-refractivity contribution in [3.8, 4) is 11.3 Å². The summed E-state index contributed by atoms with van der Waals surface area (Å²) in [5.74, 6) is -0.0339. The molecule has 0 bridgehead atoms. The number of carbonyl (C=O) groups excluding carboxylic acids is 2. The van der Waals surface area contributed by atoms with Gasteiger partial charge in [0.15, 0.2) is 5.78 Å². The van der Waals surface area contributed by atoms with E-state index in [9.17, 15) is 9.59 Å². The number of ketones is 1. The van der Waals surface area contributed by atoms with Crippen LogP contribution in [0.15, 0.2) is 60.7 Å². The number of rotatable bonds is 2. The molecule has 28 heavy (non-hydrogen) atoms. The molecule has 1 aliphatic heterocycles. The molecule has 1 aliphatic rings. The third kappa shape index (κ3) is 3.25. The van der Waals surface area contributed by atoms with Gasteiger partial charge in [0.25, 0.3) is 0 Å². The van der Waals surface area contributed by atoms with E-state index in [1.54, 1.807) is 18.7 Å². The van der Waals surface area contributed by atoms with E-state index in [4.69, 9.17) is 4.98 Å². The normalized spacial score (nSPS) is 12.6. The zero-order valence-electron chi connectivity index (χ0n) is 15.8. The van der Waals surface area contributed by atoms with E-state index in [0.29, 0.717) is 12.1 Å². The average molecular weight is 368 g/mol. The van der Waals surface area contributed by atoms with Crippen LogP contribution in [0.1, 0.15) is 41.0 Å². The number of aromatic nitrogens is 1. The molecule has 1 aromatic heterocycles. The molecule has 138 valence electrons. The van der Waals surface area contributed by atoms with E-state index in [1.807, 2.05) is 72.8 Å². The van der Waals surface area contributed by atoms with Gasteiger partial charge in [0.1, 0.15) is 0 Å². The highest BCUT2D eigenvalue weighted by Crippen LogP contribution is 2.30. The Balaban J connectivity index is 1.85. The highest BCUT2D eigenvalue weighted by Gasteiger charge is 2.20. The first-order valence-corrected chi connectivity index (χ1v) is 9.20. The molecular weight excluding hydrogens is 348 g/mol. The Hall–Kier alpha value is -3.53. The zero-order valence-corrected chi connectivity index (χ0v) is 15.8. The molecule has 2 heterocycles. The van der Waals surface area contributed by atoms with E-state index in [0.717, 1.165) is 33.8 Å². The third-order valence-corrected chi connectivity index (χ3v) is 4.95. The number of Topliss-reactive ketones (excluding diaryl/α,β-unsaturated/α-hetero) is 1. The van der Waals surface area contributed by atoms with Gasteiger partial charge in [0, 0.05) is 18.1 Å². The number of amides is 1. The summed E-state index contributed by atoms with van der Waals surface area (Å²) < 4.78 is 0. The Kier molecular flexibility index (Phi) is 4.62. The number of benzene rings is 2. The lowest BCUT2D eigenvalue weighted by Crippen LogP contribution is -2.29. The van der Waals surface area contributed by atoms with E-state index in [1.165, 1.54) is 0 Å². The van der Waals surface area contributed by atoms with Gasteiger partial charge in [0.05, 0.1) is 23.6 Å². The van der Waals surface area contributed by atoms with Gasteiger partial charge in [-0.25, -0.2) is 0 Å². The van der Waals surface area contributed by atoms with Crippen LogP contribution in [-0.4, -0.2) is 16.7 Å². The van der Waals surface area contributed by atoms with Gasteiger partial charge in [-0.1, -0.05) is 60.7 Å². The first-order chi connectivity index (χ1) is 13.5. The van der Waals surface area contributed by atoms with Crippen LogP contribution in [0.3, 0.4) is 0 Å². The fraction of sp³-hybridized carbons (Fsp3) is 0.125. The second kappa shape index (κ2) is 7.24. The van der Waals surface area contributed by atoms with Crippen molar-refractivity contribution in [2.45, 2.75) is 20.4 Å². The fourth-order valence-electron chi connectivity index (χ4n) is 3.52. The highest BCUT2D eigenvalue weighted by atomic mass is 16.2. The predicted octanol–water partition coefficient (Wildman–Crippen LogP) is 4.99. The van der Waals surface area contributed by atoms with Crippen molar-refractivity contribution in [1.82, 2.24) is 4.98 Å². The maximum absolute atomic E-state index is 12.4.